The molecule has 1 saturated carbocycles. The number of rotatable bonds is 7. The van der Waals surface area contributed by atoms with Crippen molar-refractivity contribution in [2.45, 2.75) is 47.9 Å². The zero-order valence-electron chi connectivity index (χ0n) is 21.3. The summed E-state index contributed by atoms with van der Waals surface area (Å²) in [5.74, 6) is -2.01. The summed E-state index contributed by atoms with van der Waals surface area (Å²) in [5, 5.41) is 0.818. The summed E-state index contributed by atoms with van der Waals surface area (Å²) < 4.78 is 37.5. The SMILES string of the molecule is CCOC(=O)c1cccc(Sc2c(Cl)n(CCN3CC4(CCC4)c4ccccc43)c3c(F)c(Cl)ccc23)c1F. The van der Waals surface area contributed by atoms with E-state index < -0.39 is 17.6 Å². The van der Waals surface area contributed by atoms with E-state index in [1.165, 1.54) is 42.6 Å². The summed E-state index contributed by atoms with van der Waals surface area (Å²) >= 11 is 14.2. The smallest absolute Gasteiger partial charge is 0.341 e. The molecular formula is C30H26Cl2F2N2O2S. The number of carbonyl (C=O) groups excluding carboxylic acids is 1. The molecule has 1 aliphatic carbocycles. The van der Waals surface area contributed by atoms with Gasteiger partial charge in [-0.2, -0.15) is 0 Å². The lowest BCUT2D eigenvalue weighted by molar-refractivity contribution is 0.0520. The zero-order chi connectivity index (χ0) is 27.3. The van der Waals surface area contributed by atoms with Gasteiger partial charge in [-0.25, -0.2) is 13.6 Å². The Morgan fingerprint density at radius 3 is 2.56 bits per heavy atom. The quantitative estimate of drug-likeness (QED) is 0.203. The largest absolute Gasteiger partial charge is 0.462 e. The van der Waals surface area contributed by atoms with Gasteiger partial charge in [0, 0.05) is 41.0 Å². The Labute approximate surface area is 239 Å². The highest BCUT2D eigenvalue weighted by atomic mass is 35.5. The highest BCUT2D eigenvalue weighted by Crippen LogP contribution is 2.52. The molecule has 0 saturated heterocycles. The van der Waals surface area contributed by atoms with Crippen LogP contribution in [0.4, 0.5) is 14.5 Å². The summed E-state index contributed by atoms with van der Waals surface area (Å²) in [6.07, 6.45) is 3.58. The second kappa shape index (κ2) is 10.3. The van der Waals surface area contributed by atoms with Crippen LogP contribution in [0.25, 0.3) is 10.9 Å². The minimum Gasteiger partial charge on any atom is -0.462 e. The highest BCUT2D eigenvalue weighted by molar-refractivity contribution is 7.99. The van der Waals surface area contributed by atoms with Crippen molar-refractivity contribution >= 4 is 57.5 Å². The van der Waals surface area contributed by atoms with Crippen LogP contribution >= 0.6 is 35.0 Å². The third-order valence-electron chi connectivity index (χ3n) is 7.89. The van der Waals surface area contributed by atoms with Gasteiger partial charge in [-0.15, -0.1) is 0 Å². The van der Waals surface area contributed by atoms with Crippen molar-refractivity contribution in [3.05, 3.63) is 87.5 Å². The second-order valence-corrected chi connectivity index (χ2v) is 11.9. The third kappa shape index (κ3) is 4.39. The Balaban J connectivity index is 1.36. The molecule has 1 aromatic heterocycles. The first-order chi connectivity index (χ1) is 18.8. The van der Waals surface area contributed by atoms with E-state index in [0.717, 1.165) is 18.3 Å². The number of carbonyl (C=O) groups is 1. The molecule has 39 heavy (non-hydrogen) atoms. The molecule has 1 fully saturated rings. The Kier molecular flexibility index (Phi) is 7.02. The molecule has 0 unspecified atom stereocenters. The second-order valence-electron chi connectivity index (χ2n) is 10.0. The number of benzene rings is 3. The number of ether oxygens (including phenoxy) is 1. The Bertz CT molecular complexity index is 1600. The first-order valence-electron chi connectivity index (χ1n) is 13.0. The molecule has 1 aliphatic heterocycles. The Morgan fingerprint density at radius 1 is 1.03 bits per heavy atom. The molecule has 202 valence electrons. The summed E-state index contributed by atoms with van der Waals surface area (Å²) in [7, 11) is 0. The lowest BCUT2D eigenvalue weighted by Crippen LogP contribution is -2.40. The van der Waals surface area contributed by atoms with Gasteiger partial charge in [0.2, 0.25) is 0 Å². The molecular weight excluding hydrogens is 561 g/mol. The van der Waals surface area contributed by atoms with Crippen LogP contribution in [0.1, 0.15) is 42.1 Å². The summed E-state index contributed by atoms with van der Waals surface area (Å²) in [4.78, 5) is 15.3. The van der Waals surface area contributed by atoms with Gasteiger partial charge in [0.05, 0.1) is 27.6 Å². The van der Waals surface area contributed by atoms with Gasteiger partial charge in [-0.1, -0.05) is 65.7 Å². The van der Waals surface area contributed by atoms with Gasteiger partial charge in [-0.3, -0.25) is 0 Å². The van der Waals surface area contributed by atoms with Crippen molar-refractivity contribution in [3.63, 3.8) is 0 Å². The molecule has 0 radical (unpaired) electrons. The molecule has 0 bridgehead atoms. The van der Waals surface area contributed by atoms with E-state index in [1.54, 1.807) is 29.7 Å². The van der Waals surface area contributed by atoms with E-state index in [2.05, 4.69) is 29.2 Å². The zero-order valence-corrected chi connectivity index (χ0v) is 23.6. The van der Waals surface area contributed by atoms with Crippen LogP contribution in [-0.2, 0) is 16.7 Å². The number of anilines is 1. The van der Waals surface area contributed by atoms with Crippen molar-refractivity contribution in [2.75, 3.05) is 24.6 Å². The van der Waals surface area contributed by atoms with Crippen LogP contribution in [0.5, 0.6) is 0 Å². The molecule has 0 N–H and O–H groups in total. The average molecular weight is 588 g/mol. The number of fused-ring (bicyclic) bond motifs is 3. The molecule has 4 aromatic rings. The molecule has 9 heteroatoms. The van der Waals surface area contributed by atoms with Crippen molar-refractivity contribution in [2.24, 2.45) is 0 Å². The molecule has 3 aromatic carbocycles. The van der Waals surface area contributed by atoms with Crippen molar-refractivity contribution < 1.29 is 18.3 Å². The van der Waals surface area contributed by atoms with E-state index in [9.17, 15) is 4.79 Å². The standard InChI is InChI=1S/C30H26Cl2F2N2O2S/c1-2-38-29(37)18-7-5-10-23(24(18)33)39-27-19-11-12-21(31)25(34)26(19)36(28(27)32)16-15-35-17-30(13-6-14-30)20-8-3-4-9-22(20)35/h3-5,7-12H,2,6,13-17H2,1H3. The van der Waals surface area contributed by atoms with Gasteiger partial charge >= 0.3 is 5.97 Å². The third-order valence-corrected chi connectivity index (χ3v) is 9.84. The number of nitrogens with zero attached hydrogens (tertiary/aromatic N) is 2. The monoisotopic (exact) mass is 586 g/mol. The van der Waals surface area contributed by atoms with Gasteiger partial charge in [0.25, 0.3) is 0 Å². The molecule has 1 spiro atoms. The average Bonchev–Trinajstić information content (AvgIpc) is 3.39. The minimum absolute atomic E-state index is 0.00936. The van der Waals surface area contributed by atoms with Crippen LogP contribution in [-0.4, -0.2) is 30.2 Å². The van der Waals surface area contributed by atoms with Crippen molar-refractivity contribution in [1.82, 2.24) is 4.57 Å². The molecule has 0 atom stereocenters. The van der Waals surface area contributed by atoms with E-state index >= 15 is 8.78 Å². The normalized spacial score (nSPS) is 15.6. The predicted octanol–water partition coefficient (Wildman–Crippen LogP) is 8.50. The number of halogens is 4. The first-order valence-corrected chi connectivity index (χ1v) is 14.6. The van der Waals surface area contributed by atoms with Crippen LogP contribution in [0.3, 0.4) is 0 Å². The molecule has 6 rings (SSSR count). The van der Waals surface area contributed by atoms with Crippen LogP contribution in [0.2, 0.25) is 10.2 Å². The fourth-order valence-electron chi connectivity index (χ4n) is 5.88. The van der Waals surface area contributed by atoms with E-state index in [1.807, 2.05) is 0 Å². The lowest BCUT2D eigenvalue weighted by atomic mass is 9.66. The Morgan fingerprint density at radius 2 is 1.82 bits per heavy atom. The highest BCUT2D eigenvalue weighted by Gasteiger charge is 2.46. The van der Waals surface area contributed by atoms with Crippen LogP contribution < -0.4 is 4.90 Å². The van der Waals surface area contributed by atoms with E-state index in [4.69, 9.17) is 27.9 Å². The summed E-state index contributed by atoms with van der Waals surface area (Å²) in [5.41, 5.74) is 2.94. The maximum Gasteiger partial charge on any atom is 0.341 e. The van der Waals surface area contributed by atoms with Gasteiger partial charge in [-0.05, 0) is 55.7 Å². The fraction of sp³-hybridized carbons (Fsp3) is 0.300. The van der Waals surface area contributed by atoms with Crippen LogP contribution in [0, 0.1) is 11.6 Å². The van der Waals surface area contributed by atoms with Crippen molar-refractivity contribution in [1.29, 1.82) is 0 Å². The number of hydrogen-bond donors (Lipinski definition) is 0. The molecule has 2 aliphatic rings. The summed E-state index contributed by atoms with van der Waals surface area (Å²) in [6.45, 7) is 3.78. The minimum atomic E-state index is -0.737. The van der Waals surface area contributed by atoms with Crippen LogP contribution in [0.15, 0.2) is 64.4 Å². The maximum atomic E-state index is 15.5. The van der Waals surface area contributed by atoms with Gasteiger partial charge < -0.3 is 14.2 Å². The fourth-order valence-corrected chi connectivity index (χ4v) is 7.45. The van der Waals surface area contributed by atoms with E-state index in [0.29, 0.717) is 28.5 Å². The van der Waals surface area contributed by atoms with Crippen molar-refractivity contribution in [3.8, 4) is 0 Å². The maximum absolute atomic E-state index is 15.5. The Hall–Kier alpha value is -2.74. The number of esters is 1. The lowest BCUT2D eigenvalue weighted by Gasteiger charge is -2.39. The molecule has 4 nitrogen and oxygen atoms in total. The number of hydrogen-bond acceptors (Lipinski definition) is 4. The van der Waals surface area contributed by atoms with E-state index in [-0.39, 0.29) is 33.0 Å². The van der Waals surface area contributed by atoms with Gasteiger partial charge in [0.1, 0.15) is 5.15 Å². The first kappa shape index (κ1) is 26.5. The topological polar surface area (TPSA) is 34.5 Å². The summed E-state index contributed by atoms with van der Waals surface area (Å²) in [6, 6.07) is 16.2. The number of aromatic nitrogens is 1. The molecule has 2 heterocycles. The van der Waals surface area contributed by atoms with Gasteiger partial charge in [0.15, 0.2) is 11.6 Å². The number of para-hydroxylation sites is 1. The predicted molar refractivity (Wildman–Crippen MR) is 153 cm³/mol. The molecule has 0 amide bonds.